The van der Waals surface area contributed by atoms with E-state index < -0.39 is 29.8 Å². The van der Waals surface area contributed by atoms with E-state index in [-0.39, 0.29) is 30.4 Å². The van der Waals surface area contributed by atoms with Crippen LogP contribution in [-0.4, -0.2) is 70.2 Å². The number of H-pyrrole nitrogens is 1. The number of aromatic amines is 1. The second kappa shape index (κ2) is 9.54. The number of nitrogens with one attached hydrogen (secondary N) is 2. The normalized spacial score (nSPS) is 17.8. The lowest BCUT2D eigenvalue weighted by Gasteiger charge is -2.35. The average Bonchev–Trinajstić information content (AvgIpc) is 3.27. The Kier molecular flexibility index (Phi) is 7.23. The summed E-state index contributed by atoms with van der Waals surface area (Å²) in [5.74, 6) is 0.138. The lowest BCUT2D eigenvalue weighted by atomic mass is 9.97. The quantitative estimate of drug-likeness (QED) is 0.260. The largest absolute Gasteiger partial charge is 0.371 e. The first-order valence-corrected chi connectivity index (χ1v) is 12.8. The number of sulfonamides is 2. The highest BCUT2D eigenvalue weighted by molar-refractivity contribution is 7.92. The van der Waals surface area contributed by atoms with E-state index in [1.807, 2.05) is 4.90 Å². The summed E-state index contributed by atoms with van der Waals surface area (Å²) in [6.07, 6.45) is 2.18. The van der Waals surface area contributed by atoms with Crippen molar-refractivity contribution in [3.8, 4) is 11.4 Å². The van der Waals surface area contributed by atoms with Crippen LogP contribution in [0.15, 0.2) is 21.9 Å². The van der Waals surface area contributed by atoms with Gasteiger partial charge in [0.1, 0.15) is 9.79 Å². The van der Waals surface area contributed by atoms with Crippen molar-refractivity contribution in [1.82, 2.24) is 25.3 Å². The summed E-state index contributed by atoms with van der Waals surface area (Å²) in [6.45, 7) is 2.01. The molecule has 1 fully saturated rings. The number of tetrazole rings is 1. The van der Waals surface area contributed by atoms with Crippen LogP contribution >= 0.6 is 0 Å². The number of aromatic nitrogens is 4. The molecular weight excluding hydrogens is 446 g/mol. The Bertz CT molecular complexity index is 1100. The van der Waals surface area contributed by atoms with E-state index in [9.17, 15) is 16.8 Å². The van der Waals surface area contributed by atoms with Gasteiger partial charge in [0.15, 0.2) is 0 Å². The fourth-order valence-corrected chi connectivity index (χ4v) is 6.33. The highest BCUT2D eigenvalue weighted by Gasteiger charge is 2.33. The molecule has 2 heterocycles. The summed E-state index contributed by atoms with van der Waals surface area (Å²) in [5, 5.41) is 19.1. The number of anilines is 1. The fraction of sp³-hybridized carbons (Fsp3) is 0.562. The molecule has 31 heavy (non-hydrogen) atoms. The van der Waals surface area contributed by atoms with Gasteiger partial charge >= 0.3 is 0 Å². The number of primary sulfonamides is 1. The molecule has 15 heteroatoms. The molecule has 1 aliphatic heterocycles. The highest BCUT2D eigenvalue weighted by Crippen LogP contribution is 2.39. The minimum Gasteiger partial charge on any atom is -0.371 e. The van der Waals surface area contributed by atoms with E-state index in [4.69, 9.17) is 16.6 Å². The van der Waals surface area contributed by atoms with Crippen LogP contribution in [-0.2, 0) is 20.0 Å². The molecule has 1 aromatic heterocycles. The predicted molar refractivity (Wildman–Crippen MR) is 114 cm³/mol. The van der Waals surface area contributed by atoms with E-state index in [0.717, 1.165) is 12.8 Å². The Labute approximate surface area is 180 Å². The third-order valence-electron chi connectivity index (χ3n) is 5.11. The SMILES string of the molecule is NCCCNS(=O)(=O)c1ccc(N2CCC[C@H](CN)C2)c(-c2nn[nH]n2)c1S(N)(=O)=O. The molecule has 0 aliphatic carbocycles. The van der Waals surface area contributed by atoms with Crippen LogP contribution in [0, 0.1) is 5.92 Å². The predicted octanol–water partition coefficient (Wildman–Crippen LogP) is -1.68. The van der Waals surface area contributed by atoms with Gasteiger partial charge in [-0.3, -0.25) is 0 Å². The maximum atomic E-state index is 12.9. The van der Waals surface area contributed by atoms with Crippen molar-refractivity contribution in [1.29, 1.82) is 0 Å². The number of hydrogen-bond acceptors (Lipinski definition) is 10. The first-order chi connectivity index (χ1) is 14.7. The minimum atomic E-state index is -4.50. The summed E-state index contributed by atoms with van der Waals surface area (Å²) in [4.78, 5) is 0.879. The second-order valence-corrected chi connectivity index (χ2v) is 10.5. The molecule has 1 aromatic carbocycles. The molecule has 0 amide bonds. The van der Waals surface area contributed by atoms with Gasteiger partial charge in [-0.2, -0.15) is 5.21 Å². The molecular formula is C16H27N9O4S2. The monoisotopic (exact) mass is 473 g/mol. The molecule has 0 unspecified atom stereocenters. The van der Waals surface area contributed by atoms with Gasteiger partial charge in [-0.1, -0.05) is 0 Å². The van der Waals surface area contributed by atoms with Crippen molar-refractivity contribution in [2.75, 3.05) is 37.6 Å². The van der Waals surface area contributed by atoms with Gasteiger partial charge in [0, 0.05) is 25.3 Å². The maximum absolute atomic E-state index is 12.9. The first-order valence-electron chi connectivity index (χ1n) is 9.77. The second-order valence-electron chi connectivity index (χ2n) is 7.30. The maximum Gasteiger partial charge on any atom is 0.241 e. The number of nitrogens with zero attached hydrogens (tertiary/aromatic N) is 4. The Morgan fingerprint density at radius 2 is 2.00 bits per heavy atom. The van der Waals surface area contributed by atoms with Crippen LogP contribution in [0.2, 0.25) is 0 Å². The molecule has 1 aliphatic rings. The molecule has 172 valence electrons. The zero-order valence-electron chi connectivity index (χ0n) is 16.9. The Hall–Kier alpha value is -2.17. The van der Waals surface area contributed by atoms with Gasteiger partial charge in [-0.15, -0.1) is 10.2 Å². The summed E-state index contributed by atoms with van der Waals surface area (Å²) in [7, 11) is -8.71. The van der Waals surface area contributed by atoms with Crippen molar-refractivity contribution < 1.29 is 16.8 Å². The zero-order valence-corrected chi connectivity index (χ0v) is 18.5. The topological polar surface area (TPSA) is 216 Å². The zero-order chi connectivity index (χ0) is 22.6. The Morgan fingerprint density at radius 1 is 1.23 bits per heavy atom. The summed E-state index contributed by atoms with van der Waals surface area (Å²) < 4.78 is 53.5. The van der Waals surface area contributed by atoms with Crippen molar-refractivity contribution in [2.45, 2.75) is 29.1 Å². The molecule has 0 saturated carbocycles. The third kappa shape index (κ3) is 5.19. The van der Waals surface area contributed by atoms with E-state index in [1.54, 1.807) is 0 Å². The summed E-state index contributed by atoms with van der Waals surface area (Å²) in [6, 6.07) is 2.77. The van der Waals surface area contributed by atoms with Gasteiger partial charge in [-0.25, -0.2) is 26.7 Å². The smallest absolute Gasteiger partial charge is 0.241 e. The lowest BCUT2D eigenvalue weighted by molar-refractivity contribution is 0.423. The van der Waals surface area contributed by atoms with Gasteiger partial charge in [0.2, 0.25) is 25.9 Å². The number of hydrogen-bond donors (Lipinski definition) is 5. The summed E-state index contributed by atoms with van der Waals surface area (Å²) >= 11 is 0. The van der Waals surface area contributed by atoms with E-state index in [0.29, 0.717) is 31.7 Å². The number of benzene rings is 1. The molecule has 0 bridgehead atoms. The molecule has 1 saturated heterocycles. The van der Waals surface area contributed by atoms with Crippen LogP contribution in [0.5, 0.6) is 0 Å². The Balaban J connectivity index is 2.23. The molecule has 1 atom stereocenters. The molecule has 0 radical (unpaired) electrons. The van der Waals surface area contributed by atoms with Crippen molar-refractivity contribution in [3.63, 3.8) is 0 Å². The van der Waals surface area contributed by atoms with Crippen LogP contribution in [0.4, 0.5) is 5.69 Å². The third-order valence-corrected chi connectivity index (χ3v) is 7.73. The van der Waals surface area contributed by atoms with Gasteiger partial charge in [0.25, 0.3) is 0 Å². The van der Waals surface area contributed by atoms with Crippen LogP contribution < -0.4 is 26.2 Å². The van der Waals surface area contributed by atoms with E-state index in [2.05, 4.69) is 25.3 Å². The number of rotatable bonds is 9. The van der Waals surface area contributed by atoms with E-state index >= 15 is 0 Å². The summed E-state index contributed by atoms with van der Waals surface area (Å²) in [5.41, 5.74) is 11.7. The standard InChI is InChI=1S/C16H27N9O4S2/c17-6-2-7-20-31(28,29)13-5-4-12(25-8-1-3-11(9-18)10-25)14(15(13)30(19,26)27)16-21-23-24-22-16/h4-5,11,20H,1-3,6-10,17-18H2,(H2,19,26,27)(H,21,22,23,24)/t11-/m1/s1. The van der Waals surface area contributed by atoms with Crippen molar-refractivity contribution in [2.24, 2.45) is 22.5 Å². The molecule has 13 nitrogen and oxygen atoms in total. The molecule has 8 N–H and O–H groups in total. The van der Waals surface area contributed by atoms with Crippen molar-refractivity contribution in [3.05, 3.63) is 12.1 Å². The molecule has 0 spiro atoms. The number of piperidine rings is 1. The Morgan fingerprint density at radius 3 is 2.61 bits per heavy atom. The molecule has 2 aromatic rings. The first kappa shape index (κ1) is 23.5. The van der Waals surface area contributed by atoms with Crippen LogP contribution in [0.3, 0.4) is 0 Å². The van der Waals surface area contributed by atoms with Crippen molar-refractivity contribution >= 4 is 25.7 Å². The van der Waals surface area contributed by atoms with Gasteiger partial charge in [0.05, 0.1) is 5.56 Å². The van der Waals surface area contributed by atoms with Gasteiger partial charge < -0.3 is 16.4 Å². The lowest BCUT2D eigenvalue weighted by Crippen LogP contribution is -2.39. The van der Waals surface area contributed by atoms with E-state index in [1.165, 1.54) is 12.1 Å². The van der Waals surface area contributed by atoms with Crippen LogP contribution in [0.25, 0.3) is 11.4 Å². The van der Waals surface area contributed by atoms with Gasteiger partial charge in [-0.05, 0) is 55.6 Å². The minimum absolute atomic E-state index is 0.0179. The average molecular weight is 474 g/mol. The number of nitrogens with two attached hydrogens (primary N) is 3. The fourth-order valence-electron chi connectivity index (χ4n) is 3.66. The molecule has 3 rings (SSSR count). The highest BCUT2D eigenvalue weighted by atomic mass is 32.2. The van der Waals surface area contributed by atoms with Crippen LogP contribution in [0.1, 0.15) is 19.3 Å².